The third kappa shape index (κ3) is 5.99. The van der Waals surface area contributed by atoms with Crippen LogP contribution in [0.25, 0.3) is 0 Å². The lowest BCUT2D eigenvalue weighted by Crippen LogP contribution is -2.28. The number of hydrogen-bond acceptors (Lipinski definition) is 5. The summed E-state index contributed by atoms with van der Waals surface area (Å²) in [5.74, 6) is 0.0440. The molecule has 2 rings (SSSR count). The van der Waals surface area contributed by atoms with Crippen molar-refractivity contribution in [3.05, 3.63) is 59.2 Å². The molecule has 0 saturated carbocycles. The molecule has 0 spiro atoms. The van der Waals surface area contributed by atoms with Crippen molar-refractivity contribution in [3.8, 4) is 11.5 Å². The number of hydrogen-bond donors (Lipinski definition) is 2. The zero-order valence-electron chi connectivity index (χ0n) is 16.2. The summed E-state index contributed by atoms with van der Waals surface area (Å²) >= 11 is 0. The summed E-state index contributed by atoms with van der Waals surface area (Å²) in [7, 11) is 3.17. The molecule has 1 unspecified atom stereocenters. The Hall–Kier alpha value is -3.06. The Balaban J connectivity index is 1.98. The molecule has 0 aliphatic carbocycles. The molecule has 2 N–H and O–H groups in total. The Labute approximate surface area is 164 Å². The van der Waals surface area contributed by atoms with Crippen molar-refractivity contribution in [1.82, 2.24) is 5.32 Å². The van der Waals surface area contributed by atoms with Crippen molar-refractivity contribution in [2.45, 2.75) is 19.4 Å². The predicted molar refractivity (Wildman–Crippen MR) is 104 cm³/mol. The molecule has 28 heavy (non-hydrogen) atoms. The summed E-state index contributed by atoms with van der Waals surface area (Å²) < 4.78 is 15.9. The third-order valence-electron chi connectivity index (χ3n) is 4.18. The van der Waals surface area contributed by atoms with Crippen molar-refractivity contribution in [2.24, 2.45) is 0 Å². The van der Waals surface area contributed by atoms with Crippen LogP contribution in [-0.2, 0) is 16.0 Å². The zero-order chi connectivity index (χ0) is 20.5. The van der Waals surface area contributed by atoms with Gasteiger partial charge in [-0.25, -0.2) is 4.79 Å². The summed E-state index contributed by atoms with van der Waals surface area (Å²) in [6.45, 7) is 2.77. The lowest BCUT2D eigenvalue weighted by atomic mass is 10.1. The number of benzene rings is 2. The van der Waals surface area contributed by atoms with Gasteiger partial charge in [-0.15, -0.1) is 0 Å². The van der Waals surface area contributed by atoms with E-state index in [0.29, 0.717) is 24.7 Å². The zero-order valence-corrected chi connectivity index (χ0v) is 16.2. The van der Waals surface area contributed by atoms with E-state index in [1.807, 2.05) is 19.1 Å². The number of carboxylic acids is 1. The molecule has 0 aliphatic rings. The number of carbonyl (C=O) groups is 2. The highest BCUT2D eigenvalue weighted by molar-refractivity contribution is 5.87. The molecule has 2 aromatic rings. The first kappa shape index (κ1) is 21.2. The number of carboxylic acid groups (broad SMARTS) is 1. The summed E-state index contributed by atoms with van der Waals surface area (Å²) in [6, 6.07) is 11.5. The van der Waals surface area contributed by atoms with Crippen molar-refractivity contribution < 1.29 is 28.9 Å². The number of nitrogens with one attached hydrogen (secondary N) is 1. The number of amides is 1. The summed E-state index contributed by atoms with van der Waals surface area (Å²) in [4.78, 5) is 23.2. The fraction of sp³-hybridized carbons (Fsp3) is 0.333. The minimum atomic E-state index is -0.992. The van der Waals surface area contributed by atoms with E-state index in [1.54, 1.807) is 32.4 Å². The molecule has 0 aromatic heterocycles. The normalized spacial score (nSPS) is 11.5. The maximum atomic E-state index is 12.3. The first-order valence-electron chi connectivity index (χ1n) is 8.86. The van der Waals surface area contributed by atoms with Crippen LogP contribution >= 0.6 is 0 Å². The van der Waals surface area contributed by atoms with Crippen LogP contribution in [-0.4, -0.2) is 44.4 Å². The minimum absolute atomic E-state index is 0.157. The van der Waals surface area contributed by atoms with Crippen LogP contribution in [0.4, 0.5) is 0 Å². The SMILES string of the molecule is COCCOc1ccc(C(C)NC(=O)Cc2ccc(C(=O)O)cc2)cc1OC. The molecular formula is C21H25NO6. The highest BCUT2D eigenvalue weighted by atomic mass is 16.5. The van der Waals surface area contributed by atoms with Gasteiger partial charge >= 0.3 is 5.97 Å². The van der Waals surface area contributed by atoms with Gasteiger partial charge in [0.2, 0.25) is 5.91 Å². The maximum Gasteiger partial charge on any atom is 0.335 e. The third-order valence-corrected chi connectivity index (χ3v) is 4.18. The summed E-state index contributed by atoms with van der Waals surface area (Å²) in [5.41, 5.74) is 1.82. The Morgan fingerprint density at radius 2 is 1.75 bits per heavy atom. The molecular weight excluding hydrogens is 362 g/mol. The highest BCUT2D eigenvalue weighted by Crippen LogP contribution is 2.30. The fourth-order valence-corrected chi connectivity index (χ4v) is 2.63. The van der Waals surface area contributed by atoms with Gasteiger partial charge in [0.25, 0.3) is 0 Å². The van der Waals surface area contributed by atoms with Gasteiger partial charge in [0, 0.05) is 7.11 Å². The topological polar surface area (TPSA) is 94.1 Å². The second-order valence-electron chi connectivity index (χ2n) is 6.22. The van der Waals surface area contributed by atoms with Crippen LogP contribution < -0.4 is 14.8 Å². The van der Waals surface area contributed by atoms with Crippen molar-refractivity contribution in [2.75, 3.05) is 27.4 Å². The lowest BCUT2D eigenvalue weighted by Gasteiger charge is -2.17. The lowest BCUT2D eigenvalue weighted by molar-refractivity contribution is -0.121. The van der Waals surface area contributed by atoms with Gasteiger partial charge < -0.3 is 24.6 Å². The molecule has 7 nitrogen and oxygen atoms in total. The minimum Gasteiger partial charge on any atom is -0.493 e. The fourth-order valence-electron chi connectivity index (χ4n) is 2.63. The van der Waals surface area contributed by atoms with Gasteiger partial charge in [-0.2, -0.15) is 0 Å². The van der Waals surface area contributed by atoms with Gasteiger partial charge in [0.05, 0.1) is 31.7 Å². The van der Waals surface area contributed by atoms with Gasteiger partial charge in [0.1, 0.15) is 6.61 Å². The first-order valence-corrected chi connectivity index (χ1v) is 8.86. The van der Waals surface area contributed by atoms with Gasteiger partial charge in [-0.05, 0) is 42.3 Å². The van der Waals surface area contributed by atoms with Gasteiger partial charge in [0.15, 0.2) is 11.5 Å². The van der Waals surface area contributed by atoms with Crippen molar-refractivity contribution >= 4 is 11.9 Å². The summed E-state index contributed by atoms with van der Waals surface area (Å²) in [5, 5.41) is 11.9. The number of carbonyl (C=O) groups excluding carboxylic acids is 1. The Bertz CT molecular complexity index is 803. The van der Waals surface area contributed by atoms with Crippen LogP contribution in [0.15, 0.2) is 42.5 Å². The maximum absolute atomic E-state index is 12.3. The molecule has 0 aliphatic heterocycles. The second-order valence-corrected chi connectivity index (χ2v) is 6.22. The molecule has 7 heteroatoms. The van der Waals surface area contributed by atoms with Crippen molar-refractivity contribution in [1.29, 1.82) is 0 Å². The molecule has 2 aromatic carbocycles. The number of aromatic carboxylic acids is 1. The van der Waals surface area contributed by atoms with Gasteiger partial charge in [-0.3, -0.25) is 4.79 Å². The highest BCUT2D eigenvalue weighted by Gasteiger charge is 2.14. The molecule has 0 radical (unpaired) electrons. The molecule has 0 bridgehead atoms. The van der Waals surface area contributed by atoms with E-state index < -0.39 is 5.97 Å². The number of rotatable bonds is 10. The number of ether oxygens (including phenoxy) is 3. The van der Waals surface area contributed by atoms with E-state index in [-0.39, 0.29) is 23.9 Å². The Morgan fingerprint density at radius 1 is 1.04 bits per heavy atom. The van der Waals surface area contributed by atoms with Gasteiger partial charge in [-0.1, -0.05) is 18.2 Å². The van der Waals surface area contributed by atoms with Crippen LogP contribution in [0.1, 0.15) is 34.5 Å². The van der Waals surface area contributed by atoms with E-state index in [1.165, 1.54) is 12.1 Å². The average molecular weight is 387 g/mol. The van der Waals surface area contributed by atoms with E-state index in [4.69, 9.17) is 19.3 Å². The van der Waals surface area contributed by atoms with Crippen molar-refractivity contribution in [3.63, 3.8) is 0 Å². The Morgan fingerprint density at radius 3 is 2.36 bits per heavy atom. The predicted octanol–water partition coefficient (Wildman–Crippen LogP) is 2.84. The van der Waals surface area contributed by atoms with Crippen LogP contribution in [0.2, 0.25) is 0 Å². The van der Waals surface area contributed by atoms with E-state index in [0.717, 1.165) is 11.1 Å². The monoisotopic (exact) mass is 387 g/mol. The Kier molecular flexibility index (Phi) is 7.83. The smallest absolute Gasteiger partial charge is 0.335 e. The van der Waals surface area contributed by atoms with E-state index in [2.05, 4.69) is 5.32 Å². The van der Waals surface area contributed by atoms with Crippen LogP contribution in [0.5, 0.6) is 11.5 Å². The molecule has 0 fully saturated rings. The standard InChI is InChI=1S/C21H25NO6/c1-14(17-8-9-18(19(13-17)27-3)28-11-10-26-2)22-20(23)12-15-4-6-16(7-5-15)21(24)25/h4-9,13-14H,10-12H2,1-3H3,(H,22,23)(H,24,25). The molecule has 1 atom stereocenters. The molecule has 0 heterocycles. The summed E-state index contributed by atoms with van der Waals surface area (Å²) in [6.07, 6.45) is 0.166. The molecule has 150 valence electrons. The van der Waals surface area contributed by atoms with Crippen LogP contribution in [0, 0.1) is 0 Å². The van der Waals surface area contributed by atoms with E-state index in [9.17, 15) is 9.59 Å². The molecule has 1 amide bonds. The first-order chi connectivity index (χ1) is 13.4. The molecule has 0 saturated heterocycles. The average Bonchev–Trinajstić information content (AvgIpc) is 2.68. The largest absolute Gasteiger partial charge is 0.493 e. The van der Waals surface area contributed by atoms with Crippen LogP contribution in [0.3, 0.4) is 0 Å². The number of methoxy groups -OCH3 is 2. The second kappa shape index (κ2) is 10.3. The van der Waals surface area contributed by atoms with E-state index >= 15 is 0 Å². The quantitative estimate of drug-likeness (QED) is 0.609.